The van der Waals surface area contributed by atoms with E-state index in [1.807, 2.05) is 42.2 Å². The predicted octanol–water partition coefficient (Wildman–Crippen LogP) is 6.36. The fourth-order valence-corrected chi connectivity index (χ4v) is 4.71. The van der Waals surface area contributed by atoms with Gasteiger partial charge in [-0.2, -0.15) is 4.98 Å². The van der Waals surface area contributed by atoms with Crippen molar-refractivity contribution in [3.05, 3.63) is 107 Å². The van der Waals surface area contributed by atoms with Gasteiger partial charge in [0, 0.05) is 16.9 Å². The first-order chi connectivity index (χ1) is 16.4. The van der Waals surface area contributed by atoms with Gasteiger partial charge in [0.15, 0.2) is 5.11 Å². The Morgan fingerprint density at radius 3 is 2.29 bits per heavy atom. The maximum Gasteiger partial charge on any atom is 0.258 e. The molecule has 5 rings (SSSR count). The topological polar surface area (TPSA) is 54.2 Å². The highest BCUT2D eigenvalue weighted by molar-refractivity contribution is 7.80. The summed E-state index contributed by atoms with van der Waals surface area (Å²) in [6.45, 7) is 6.10. The van der Waals surface area contributed by atoms with Crippen LogP contribution in [0.25, 0.3) is 17.0 Å². The van der Waals surface area contributed by atoms with Crippen LogP contribution < -0.4 is 10.2 Å². The van der Waals surface area contributed by atoms with Crippen molar-refractivity contribution in [2.45, 2.75) is 26.8 Å². The molecule has 170 valence electrons. The van der Waals surface area contributed by atoms with Crippen molar-refractivity contribution in [2.24, 2.45) is 0 Å². The molecule has 0 fully saturated rings. The zero-order valence-corrected chi connectivity index (χ0v) is 19.9. The maximum atomic E-state index is 13.7. The van der Waals surface area contributed by atoms with Crippen LogP contribution in [0.5, 0.6) is 0 Å². The molecule has 1 aliphatic heterocycles. The molecule has 4 aromatic rings. The summed E-state index contributed by atoms with van der Waals surface area (Å²) in [5.74, 6) is 0.584. The van der Waals surface area contributed by atoms with E-state index in [0.717, 1.165) is 39.2 Å². The molecular weight excluding hydrogens is 447 g/mol. The molecule has 1 atom stereocenters. The van der Waals surface area contributed by atoms with Gasteiger partial charge in [0.25, 0.3) is 5.89 Å². The van der Waals surface area contributed by atoms with Crippen LogP contribution in [0.15, 0.2) is 83.0 Å². The first kappa shape index (κ1) is 22.0. The molecule has 7 heteroatoms. The fraction of sp³-hybridized carbons (Fsp3) is 0.148. The summed E-state index contributed by atoms with van der Waals surface area (Å²) in [7, 11) is 0. The predicted molar refractivity (Wildman–Crippen MR) is 136 cm³/mol. The van der Waals surface area contributed by atoms with E-state index in [-0.39, 0.29) is 11.9 Å². The van der Waals surface area contributed by atoms with Gasteiger partial charge in [-0.3, -0.25) is 4.90 Å². The molecule has 0 bridgehead atoms. The number of halogens is 1. The largest absolute Gasteiger partial charge is 0.351 e. The second-order valence-electron chi connectivity index (χ2n) is 8.40. The minimum absolute atomic E-state index is 0.301. The van der Waals surface area contributed by atoms with E-state index in [1.165, 1.54) is 12.1 Å². The number of anilines is 1. The van der Waals surface area contributed by atoms with Crippen LogP contribution in [0.3, 0.4) is 0 Å². The molecule has 0 aliphatic carbocycles. The van der Waals surface area contributed by atoms with E-state index < -0.39 is 0 Å². The molecule has 2 heterocycles. The quantitative estimate of drug-likeness (QED) is 0.350. The van der Waals surface area contributed by atoms with Gasteiger partial charge in [-0.1, -0.05) is 53.7 Å². The minimum Gasteiger partial charge on any atom is -0.351 e. The lowest BCUT2D eigenvalue weighted by Gasteiger charge is -2.37. The molecule has 0 spiro atoms. The first-order valence-electron chi connectivity index (χ1n) is 11.0. The van der Waals surface area contributed by atoms with Gasteiger partial charge in [0.05, 0.1) is 11.6 Å². The second-order valence-corrected chi connectivity index (χ2v) is 8.79. The molecule has 3 aromatic carbocycles. The van der Waals surface area contributed by atoms with Gasteiger partial charge in [-0.15, -0.1) is 0 Å². The smallest absolute Gasteiger partial charge is 0.258 e. The van der Waals surface area contributed by atoms with Crippen LogP contribution in [-0.4, -0.2) is 15.3 Å². The third-order valence-electron chi connectivity index (χ3n) is 5.84. The fourth-order valence-electron chi connectivity index (χ4n) is 4.35. The Morgan fingerprint density at radius 1 is 0.941 bits per heavy atom. The lowest BCUT2D eigenvalue weighted by Crippen LogP contribution is -2.46. The molecule has 1 N–H and O–H groups in total. The number of hydrogen-bond donors (Lipinski definition) is 1. The lowest BCUT2D eigenvalue weighted by atomic mass is 9.94. The highest BCUT2D eigenvalue weighted by atomic mass is 32.1. The van der Waals surface area contributed by atoms with Crippen molar-refractivity contribution in [3.63, 3.8) is 0 Å². The number of aryl methyl sites for hydroxylation is 2. The molecule has 1 unspecified atom stereocenters. The Hall–Kier alpha value is -3.84. The molecule has 0 radical (unpaired) electrons. The first-order valence-corrected chi connectivity index (χ1v) is 11.4. The van der Waals surface area contributed by atoms with Gasteiger partial charge >= 0.3 is 0 Å². The number of nitrogens with zero attached hydrogens (tertiary/aromatic N) is 3. The summed E-state index contributed by atoms with van der Waals surface area (Å²) in [5.41, 5.74) is 6.58. The van der Waals surface area contributed by atoms with Crippen molar-refractivity contribution in [3.8, 4) is 11.4 Å². The normalized spacial score (nSPS) is 16.1. The summed E-state index contributed by atoms with van der Waals surface area (Å²) in [4.78, 5) is 6.70. The van der Waals surface area contributed by atoms with Crippen LogP contribution in [0.1, 0.15) is 35.5 Å². The van der Waals surface area contributed by atoms with Crippen molar-refractivity contribution in [1.29, 1.82) is 0 Å². The van der Waals surface area contributed by atoms with E-state index in [4.69, 9.17) is 21.7 Å². The molecular formula is C27H23FN4OS. The Bertz CT molecular complexity index is 1380. The van der Waals surface area contributed by atoms with Crippen LogP contribution in [0, 0.1) is 19.7 Å². The number of hydrogen-bond acceptors (Lipinski definition) is 4. The highest BCUT2D eigenvalue weighted by Crippen LogP contribution is 2.39. The Kier molecular flexibility index (Phi) is 5.71. The maximum absolute atomic E-state index is 13.7. The summed E-state index contributed by atoms with van der Waals surface area (Å²) in [6.07, 6.45) is 0. The van der Waals surface area contributed by atoms with Crippen LogP contribution in [0.2, 0.25) is 0 Å². The summed E-state index contributed by atoms with van der Waals surface area (Å²) < 4.78 is 19.4. The number of thiocarbonyl (C=S) groups is 1. The van der Waals surface area contributed by atoms with Gasteiger partial charge in [-0.05, 0) is 73.9 Å². The van der Waals surface area contributed by atoms with Gasteiger partial charge in [-0.25, -0.2) is 4.39 Å². The lowest BCUT2D eigenvalue weighted by molar-refractivity contribution is 0.404. The number of allylic oxidation sites excluding steroid dienone is 1. The molecule has 0 amide bonds. The van der Waals surface area contributed by atoms with E-state index in [0.29, 0.717) is 16.8 Å². The molecule has 34 heavy (non-hydrogen) atoms. The number of nitrogens with one attached hydrogen (secondary N) is 1. The zero-order chi connectivity index (χ0) is 23.8. The van der Waals surface area contributed by atoms with Gasteiger partial charge in [0.2, 0.25) is 5.82 Å². The third-order valence-corrected chi connectivity index (χ3v) is 6.14. The van der Waals surface area contributed by atoms with Gasteiger partial charge < -0.3 is 9.84 Å². The average molecular weight is 471 g/mol. The van der Waals surface area contributed by atoms with E-state index in [9.17, 15) is 4.39 Å². The standard InChI is InChI=1S/C27H23FN4OS/c1-16-13-17(2)15-22(14-16)32-18(3)23(24(29-27(32)34)19-9-11-21(28)12-10-19)26-30-25(31-33-26)20-7-5-4-6-8-20/h4-15,24H,1-3H3,(H,29,34). The number of rotatable bonds is 4. The SMILES string of the molecule is CC1=C(c2nc(-c3ccccc3)no2)C(c2ccc(F)cc2)NC(=S)N1c1cc(C)cc(C)c1. The second kappa shape index (κ2) is 8.83. The Balaban J connectivity index is 1.67. The van der Waals surface area contributed by atoms with Crippen LogP contribution in [0.4, 0.5) is 10.1 Å². The zero-order valence-electron chi connectivity index (χ0n) is 19.0. The monoisotopic (exact) mass is 470 g/mol. The van der Waals surface area contributed by atoms with E-state index in [1.54, 1.807) is 12.1 Å². The van der Waals surface area contributed by atoms with Crippen molar-refractivity contribution in [2.75, 3.05) is 4.90 Å². The number of aromatic nitrogens is 2. The van der Waals surface area contributed by atoms with Crippen LogP contribution in [-0.2, 0) is 0 Å². The van der Waals surface area contributed by atoms with E-state index in [2.05, 4.69) is 42.5 Å². The Morgan fingerprint density at radius 2 is 1.62 bits per heavy atom. The summed E-state index contributed by atoms with van der Waals surface area (Å²) in [5, 5.41) is 8.19. The molecule has 0 saturated heterocycles. The summed E-state index contributed by atoms with van der Waals surface area (Å²) in [6, 6.07) is 21.9. The molecule has 0 saturated carbocycles. The summed E-state index contributed by atoms with van der Waals surface area (Å²) >= 11 is 5.80. The molecule has 1 aliphatic rings. The Labute approximate surface area is 202 Å². The van der Waals surface area contributed by atoms with Crippen molar-refractivity contribution in [1.82, 2.24) is 15.5 Å². The van der Waals surface area contributed by atoms with Crippen molar-refractivity contribution >= 4 is 28.6 Å². The highest BCUT2D eigenvalue weighted by Gasteiger charge is 2.35. The van der Waals surface area contributed by atoms with E-state index >= 15 is 0 Å². The molecule has 5 nitrogen and oxygen atoms in total. The minimum atomic E-state index is -0.376. The van der Waals surface area contributed by atoms with Gasteiger partial charge in [0.1, 0.15) is 5.82 Å². The van der Waals surface area contributed by atoms with Crippen LogP contribution >= 0.6 is 12.2 Å². The number of benzene rings is 3. The van der Waals surface area contributed by atoms with Crippen molar-refractivity contribution < 1.29 is 8.91 Å². The molecule has 1 aromatic heterocycles. The average Bonchev–Trinajstić information content (AvgIpc) is 3.29. The third kappa shape index (κ3) is 4.10.